The predicted octanol–water partition coefficient (Wildman–Crippen LogP) is 3.28. The van der Waals surface area contributed by atoms with Gasteiger partial charge in [0.2, 0.25) is 5.95 Å². The van der Waals surface area contributed by atoms with Crippen molar-refractivity contribution in [3.63, 3.8) is 0 Å². The van der Waals surface area contributed by atoms with Gasteiger partial charge >= 0.3 is 0 Å². The molecule has 0 bridgehead atoms. The molecule has 1 aromatic rings. The van der Waals surface area contributed by atoms with E-state index in [0.29, 0.717) is 6.04 Å². The first-order valence-electron chi connectivity index (χ1n) is 6.53. The van der Waals surface area contributed by atoms with Crippen LogP contribution in [0.3, 0.4) is 0 Å². The van der Waals surface area contributed by atoms with Gasteiger partial charge in [0, 0.05) is 25.0 Å². The second-order valence-corrected chi connectivity index (χ2v) is 5.18. The van der Waals surface area contributed by atoms with E-state index in [4.69, 9.17) is 0 Å². The number of hydrogen-bond donors (Lipinski definition) is 1. The minimum absolute atomic E-state index is 0.452. The van der Waals surface area contributed by atoms with E-state index >= 15 is 0 Å². The van der Waals surface area contributed by atoms with Gasteiger partial charge < -0.3 is 9.88 Å². The predicted molar refractivity (Wildman–Crippen MR) is 67.6 cm³/mol. The van der Waals surface area contributed by atoms with Crippen LogP contribution in [0.2, 0.25) is 0 Å². The Hall–Kier alpha value is -0.990. The highest BCUT2D eigenvalue weighted by Gasteiger charge is 2.15. The first-order valence-corrected chi connectivity index (χ1v) is 6.53. The van der Waals surface area contributed by atoms with E-state index in [1.807, 2.05) is 6.20 Å². The van der Waals surface area contributed by atoms with Crippen LogP contribution in [0.4, 0.5) is 5.95 Å². The third-order valence-electron chi connectivity index (χ3n) is 3.39. The van der Waals surface area contributed by atoms with Crippen LogP contribution in [0.5, 0.6) is 0 Å². The molecular formula is C13H23N3. The number of nitrogens with one attached hydrogen (secondary N) is 1. The van der Waals surface area contributed by atoms with Crippen molar-refractivity contribution in [3.05, 3.63) is 12.4 Å². The van der Waals surface area contributed by atoms with Gasteiger partial charge in [-0.25, -0.2) is 4.98 Å². The van der Waals surface area contributed by atoms with Gasteiger partial charge in [0.1, 0.15) is 0 Å². The highest BCUT2D eigenvalue weighted by Crippen LogP contribution is 2.28. The third kappa shape index (κ3) is 3.00. The molecule has 0 saturated heterocycles. The molecule has 3 heteroatoms. The summed E-state index contributed by atoms with van der Waals surface area (Å²) in [6.45, 7) is 5.41. The Bertz CT molecular complexity index is 311. The first kappa shape index (κ1) is 11.5. The molecule has 0 unspecified atom stereocenters. The minimum atomic E-state index is 0.452. The van der Waals surface area contributed by atoms with Crippen LogP contribution in [0.15, 0.2) is 12.4 Å². The summed E-state index contributed by atoms with van der Waals surface area (Å²) >= 11 is 0. The van der Waals surface area contributed by atoms with Gasteiger partial charge in [0.05, 0.1) is 0 Å². The molecule has 0 aliphatic heterocycles. The summed E-state index contributed by atoms with van der Waals surface area (Å²) in [5, 5.41) is 3.38. The number of aryl methyl sites for hydroxylation is 1. The second-order valence-electron chi connectivity index (χ2n) is 5.18. The molecule has 2 rings (SSSR count). The summed E-state index contributed by atoms with van der Waals surface area (Å²) in [7, 11) is 0. The fourth-order valence-corrected chi connectivity index (χ4v) is 2.51. The normalized spacial score (nSPS) is 17.2. The molecular weight excluding hydrogens is 198 g/mol. The highest BCUT2D eigenvalue weighted by atomic mass is 15.2. The molecule has 0 amide bonds. The summed E-state index contributed by atoms with van der Waals surface area (Å²) in [5.74, 6) is 1.97. The number of imidazole rings is 1. The van der Waals surface area contributed by atoms with Gasteiger partial charge in [-0.15, -0.1) is 0 Å². The molecule has 0 atom stereocenters. The van der Waals surface area contributed by atoms with Gasteiger partial charge in [-0.2, -0.15) is 0 Å². The van der Waals surface area contributed by atoms with Gasteiger partial charge in [0.15, 0.2) is 0 Å². The second kappa shape index (κ2) is 5.37. The zero-order valence-electron chi connectivity index (χ0n) is 10.4. The van der Waals surface area contributed by atoms with Gasteiger partial charge in [-0.05, 0) is 26.2 Å². The standard InChI is InChI=1S/C13H23N3/c1-11(2)15-13-14-8-10-16(13)9-7-12-5-3-4-6-12/h8,10-12H,3-7,9H2,1-2H3,(H,14,15). The minimum Gasteiger partial charge on any atom is -0.353 e. The Kier molecular flexibility index (Phi) is 3.86. The van der Waals surface area contributed by atoms with Crippen molar-refractivity contribution in [1.82, 2.24) is 9.55 Å². The first-order chi connectivity index (χ1) is 7.75. The van der Waals surface area contributed by atoms with E-state index in [0.717, 1.165) is 18.4 Å². The third-order valence-corrected chi connectivity index (χ3v) is 3.39. The van der Waals surface area contributed by atoms with Crippen LogP contribution >= 0.6 is 0 Å². The van der Waals surface area contributed by atoms with Crippen molar-refractivity contribution < 1.29 is 0 Å². The van der Waals surface area contributed by atoms with Gasteiger partial charge in [-0.3, -0.25) is 0 Å². The molecule has 0 aromatic carbocycles. The number of anilines is 1. The number of hydrogen-bond acceptors (Lipinski definition) is 2. The molecule has 1 aliphatic carbocycles. The van der Waals surface area contributed by atoms with E-state index in [2.05, 4.69) is 34.9 Å². The monoisotopic (exact) mass is 221 g/mol. The van der Waals surface area contributed by atoms with E-state index in [-0.39, 0.29) is 0 Å². The van der Waals surface area contributed by atoms with Crippen molar-refractivity contribution in [2.75, 3.05) is 5.32 Å². The largest absolute Gasteiger partial charge is 0.353 e. The fourth-order valence-electron chi connectivity index (χ4n) is 2.51. The zero-order valence-corrected chi connectivity index (χ0v) is 10.4. The fraction of sp³-hybridized carbons (Fsp3) is 0.769. The highest BCUT2D eigenvalue weighted by molar-refractivity contribution is 5.26. The molecule has 90 valence electrons. The number of aromatic nitrogens is 2. The maximum Gasteiger partial charge on any atom is 0.202 e. The summed E-state index contributed by atoms with van der Waals surface area (Å²) in [4.78, 5) is 4.35. The van der Waals surface area contributed by atoms with E-state index in [1.165, 1.54) is 32.1 Å². The number of rotatable bonds is 5. The van der Waals surface area contributed by atoms with Crippen LogP contribution in [0, 0.1) is 5.92 Å². The van der Waals surface area contributed by atoms with Crippen molar-refractivity contribution in [1.29, 1.82) is 0 Å². The summed E-state index contributed by atoms with van der Waals surface area (Å²) in [5.41, 5.74) is 0. The van der Waals surface area contributed by atoms with Crippen LogP contribution in [0.1, 0.15) is 46.0 Å². The van der Waals surface area contributed by atoms with Crippen molar-refractivity contribution >= 4 is 5.95 Å². The van der Waals surface area contributed by atoms with Crippen LogP contribution in [0.25, 0.3) is 0 Å². The lowest BCUT2D eigenvalue weighted by Crippen LogP contribution is -2.15. The molecule has 1 aliphatic rings. The maximum atomic E-state index is 4.35. The molecule has 1 heterocycles. The Morgan fingerprint density at radius 2 is 2.19 bits per heavy atom. The van der Waals surface area contributed by atoms with E-state index < -0.39 is 0 Å². The molecule has 0 spiro atoms. The summed E-state index contributed by atoms with van der Waals surface area (Å²) in [6.07, 6.45) is 11.0. The van der Waals surface area contributed by atoms with Crippen LogP contribution < -0.4 is 5.32 Å². The average Bonchev–Trinajstić information content (AvgIpc) is 2.84. The topological polar surface area (TPSA) is 29.9 Å². The lowest BCUT2D eigenvalue weighted by atomic mass is 10.0. The molecule has 1 N–H and O–H groups in total. The molecule has 0 radical (unpaired) electrons. The molecule has 1 aromatic heterocycles. The lowest BCUT2D eigenvalue weighted by Gasteiger charge is -2.14. The van der Waals surface area contributed by atoms with E-state index in [1.54, 1.807) is 0 Å². The average molecular weight is 221 g/mol. The Morgan fingerprint density at radius 3 is 2.88 bits per heavy atom. The molecule has 3 nitrogen and oxygen atoms in total. The van der Waals surface area contributed by atoms with Crippen LogP contribution in [-0.2, 0) is 6.54 Å². The van der Waals surface area contributed by atoms with Crippen molar-refractivity contribution in [2.45, 2.75) is 58.5 Å². The summed E-state index contributed by atoms with van der Waals surface area (Å²) in [6, 6.07) is 0.452. The Morgan fingerprint density at radius 1 is 1.44 bits per heavy atom. The van der Waals surface area contributed by atoms with E-state index in [9.17, 15) is 0 Å². The molecule has 16 heavy (non-hydrogen) atoms. The quantitative estimate of drug-likeness (QED) is 0.827. The maximum absolute atomic E-state index is 4.35. The molecule has 1 saturated carbocycles. The summed E-state index contributed by atoms with van der Waals surface area (Å²) < 4.78 is 2.25. The SMILES string of the molecule is CC(C)Nc1nccn1CCC1CCCC1. The van der Waals surface area contributed by atoms with Gasteiger partial charge in [-0.1, -0.05) is 25.7 Å². The lowest BCUT2D eigenvalue weighted by molar-refractivity contribution is 0.459. The molecule has 1 fully saturated rings. The number of nitrogens with zero attached hydrogens (tertiary/aromatic N) is 2. The Balaban J connectivity index is 1.85. The van der Waals surface area contributed by atoms with Crippen LogP contribution in [-0.4, -0.2) is 15.6 Å². The smallest absolute Gasteiger partial charge is 0.202 e. The zero-order chi connectivity index (χ0) is 11.4. The van der Waals surface area contributed by atoms with Crippen molar-refractivity contribution in [3.8, 4) is 0 Å². The van der Waals surface area contributed by atoms with Crippen molar-refractivity contribution in [2.24, 2.45) is 5.92 Å². The Labute approximate surface area is 98.3 Å². The van der Waals surface area contributed by atoms with Gasteiger partial charge in [0.25, 0.3) is 0 Å².